The molecule has 23 heavy (non-hydrogen) atoms. The first-order chi connectivity index (χ1) is 11.1. The fraction of sp³-hybridized carbons (Fsp3) is 0.294. The SMILES string of the molecule is C=CCCOC(=O)Nc1ccc(C)c(NC(=O)OCCC=C)c1. The van der Waals surface area contributed by atoms with Crippen molar-refractivity contribution < 1.29 is 19.1 Å². The van der Waals surface area contributed by atoms with E-state index in [2.05, 4.69) is 23.8 Å². The molecule has 6 heteroatoms. The number of benzene rings is 1. The summed E-state index contributed by atoms with van der Waals surface area (Å²) >= 11 is 0. The van der Waals surface area contributed by atoms with E-state index in [0.29, 0.717) is 24.2 Å². The van der Waals surface area contributed by atoms with Gasteiger partial charge in [0.1, 0.15) is 0 Å². The third kappa shape index (κ3) is 7.17. The molecule has 0 saturated heterocycles. The first-order valence-corrected chi connectivity index (χ1v) is 7.26. The van der Waals surface area contributed by atoms with Crippen molar-refractivity contribution in [2.24, 2.45) is 0 Å². The van der Waals surface area contributed by atoms with Crippen molar-refractivity contribution in [3.63, 3.8) is 0 Å². The number of hydrogen-bond acceptors (Lipinski definition) is 4. The minimum atomic E-state index is -0.560. The summed E-state index contributed by atoms with van der Waals surface area (Å²) < 4.78 is 9.95. The van der Waals surface area contributed by atoms with Crippen molar-refractivity contribution in [3.8, 4) is 0 Å². The zero-order valence-electron chi connectivity index (χ0n) is 13.3. The smallest absolute Gasteiger partial charge is 0.411 e. The van der Waals surface area contributed by atoms with Gasteiger partial charge in [0, 0.05) is 11.4 Å². The summed E-state index contributed by atoms with van der Waals surface area (Å²) in [6.45, 7) is 9.47. The summed E-state index contributed by atoms with van der Waals surface area (Å²) in [4.78, 5) is 23.2. The topological polar surface area (TPSA) is 76.7 Å². The van der Waals surface area contributed by atoms with Crippen molar-refractivity contribution in [2.45, 2.75) is 19.8 Å². The average Bonchev–Trinajstić information content (AvgIpc) is 2.51. The van der Waals surface area contributed by atoms with Crippen LogP contribution >= 0.6 is 0 Å². The summed E-state index contributed by atoms with van der Waals surface area (Å²) in [6.07, 6.45) is 3.39. The lowest BCUT2D eigenvalue weighted by molar-refractivity contribution is 0.163. The number of anilines is 2. The number of aryl methyl sites for hydroxylation is 1. The van der Waals surface area contributed by atoms with E-state index in [1.54, 1.807) is 30.4 Å². The molecule has 0 aromatic heterocycles. The molecule has 0 spiro atoms. The molecule has 124 valence electrons. The van der Waals surface area contributed by atoms with Crippen molar-refractivity contribution in [3.05, 3.63) is 49.1 Å². The summed E-state index contributed by atoms with van der Waals surface area (Å²) in [7, 11) is 0. The van der Waals surface area contributed by atoms with Crippen LogP contribution in [0, 0.1) is 6.92 Å². The highest BCUT2D eigenvalue weighted by molar-refractivity contribution is 5.89. The Labute approximate surface area is 136 Å². The van der Waals surface area contributed by atoms with E-state index < -0.39 is 12.2 Å². The van der Waals surface area contributed by atoms with Gasteiger partial charge >= 0.3 is 12.2 Å². The molecule has 0 aliphatic rings. The monoisotopic (exact) mass is 318 g/mol. The van der Waals surface area contributed by atoms with Crippen LogP contribution in [0.1, 0.15) is 18.4 Å². The molecule has 0 heterocycles. The van der Waals surface area contributed by atoms with E-state index >= 15 is 0 Å². The van der Waals surface area contributed by atoms with Crippen LogP contribution in [0.3, 0.4) is 0 Å². The Morgan fingerprint density at radius 1 is 1.04 bits per heavy atom. The van der Waals surface area contributed by atoms with Gasteiger partial charge in [-0.05, 0) is 37.5 Å². The van der Waals surface area contributed by atoms with Crippen LogP contribution in [-0.4, -0.2) is 25.4 Å². The zero-order valence-corrected chi connectivity index (χ0v) is 13.3. The number of nitrogens with one attached hydrogen (secondary N) is 2. The number of rotatable bonds is 8. The maximum Gasteiger partial charge on any atom is 0.411 e. The molecular formula is C17H22N2O4. The van der Waals surface area contributed by atoms with Crippen LogP contribution in [0.2, 0.25) is 0 Å². The normalized spacial score (nSPS) is 9.61. The van der Waals surface area contributed by atoms with E-state index in [1.807, 2.05) is 6.92 Å². The second-order valence-corrected chi connectivity index (χ2v) is 4.71. The largest absolute Gasteiger partial charge is 0.449 e. The lowest BCUT2D eigenvalue weighted by Crippen LogP contribution is -2.16. The van der Waals surface area contributed by atoms with Crippen molar-refractivity contribution in [2.75, 3.05) is 23.8 Å². The lowest BCUT2D eigenvalue weighted by Gasteiger charge is -2.11. The Hall–Kier alpha value is -2.76. The van der Waals surface area contributed by atoms with E-state index in [1.165, 1.54) is 0 Å². The van der Waals surface area contributed by atoms with E-state index in [9.17, 15) is 9.59 Å². The van der Waals surface area contributed by atoms with Gasteiger partial charge in [-0.1, -0.05) is 18.2 Å². The molecule has 1 rings (SSSR count). The van der Waals surface area contributed by atoms with E-state index in [4.69, 9.17) is 9.47 Å². The van der Waals surface area contributed by atoms with Gasteiger partial charge in [-0.15, -0.1) is 13.2 Å². The molecule has 0 aliphatic heterocycles. The van der Waals surface area contributed by atoms with Crippen LogP contribution in [-0.2, 0) is 9.47 Å². The van der Waals surface area contributed by atoms with Crippen LogP contribution in [0.25, 0.3) is 0 Å². The van der Waals surface area contributed by atoms with Gasteiger partial charge in [0.2, 0.25) is 0 Å². The Bertz CT molecular complexity index is 570. The van der Waals surface area contributed by atoms with Gasteiger partial charge < -0.3 is 9.47 Å². The number of ether oxygens (including phenoxy) is 2. The zero-order chi connectivity index (χ0) is 17.1. The molecule has 1 aromatic rings. The molecule has 2 amide bonds. The van der Waals surface area contributed by atoms with Gasteiger partial charge in [0.05, 0.1) is 13.2 Å². The maximum atomic E-state index is 11.7. The molecule has 1 aromatic carbocycles. The number of carbonyl (C=O) groups excluding carboxylic acids is 2. The van der Waals surface area contributed by atoms with Gasteiger partial charge in [0.25, 0.3) is 0 Å². The molecule has 2 N–H and O–H groups in total. The molecule has 0 atom stereocenters. The summed E-state index contributed by atoms with van der Waals surface area (Å²) in [5.74, 6) is 0. The van der Waals surface area contributed by atoms with Crippen LogP contribution in [0.5, 0.6) is 0 Å². The number of carbonyl (C=O) groups is 2. The molecule has 0 unspecified atom stereocenters. The minimum Gasteiger partial charge on any atom is -0.449 e. The van der Waals surface area contributed by atoms with Gasteiger partial charge in [0.15, 0.2) is 0 Å². The molecule has 0 saturated carbocycles. The van der Waals surface area contributed by atoms with E-state index in [-0.39, 0.29) is 13.2 Å². The standard InChI is InChI=1S/C17H22N2O4/c1-4-6-10-22-16(20)18-14-9-8-13(3)15(12-14)19-17(21)23-11-7-5-2/h4-5,8-9,12H,1-2,6-7,10-11H2,3H3,(H,18,20)(H,19,21). The molecule has 0 aliphatic carbocycles. The maximum absolute atomic E-state index is 11.7. The third-order valence-corrected chi connectivity index (χ3v) is 2.83. The predicted molar refractivity (Wildman–Crippen MR) is 90.7 cm³/mol. The summed E-state index contributed by atoms with van der Waals surface area (Å²) in [5, 5.41) is 5.23. The fourth-order valence-corrected chi connectivity index (χ4v) is 1.60. The predicted octanol–water partition coefficient (Wildman–Crippen LogP) is 4.24. The Kier molecular flexibility index (Phi) is 7.99. The number of hydrogen-bond donors (Lipinski definition) is 2. The Morgan fingerprint density at radius 3 is 2.17 bits per heavy atom. The quantitative estimate of drug-likeness (QED) is 0.555. The second-order valence-electron chi connectivity index (χ2n) is 4.71. The van der Waals surface area contributed by atoms with Crippen molar-refractivity contribution in [1.82, 2.24) is 0 Å². The van der Waals surface area contributed by atoms with Gasteiger partial charge in [-0.3, -0.25) is 10.6 Å². The van der Waals surface area contributed by atoms with Gasteiger partial charge in [-0.25, -0.2) is 9.59 Å². The van der Waals surface area contributed by atoms with Crippen molar-refractivity contribution >= 4 is 23.6 Å². The first-order valence-electron chi connectivity index (χ1n) is 7.26. The third-order valence-electron chi connectivity index (χ3n) is 2.83. The average molecular weight is 318 g/mol. The van der Waals surface area contributed by atoms with Crippen LogP contribution < -0.4 is 10.6 Å². The molecule has 0 radical (unpaired) electrons. The van der Waals surface area contributed by atoms with E-state index in [0.717, 1.165) is 5.56 Å². The highest BCUT2D eigenvalue weighted by Gasteiger charge is 2.08. The van der Waals surface area contributed by atoms with Crippen LogP contribution in [0.15, 0.2) is 43.5 Å². The Balaban J connectivity index is 2.60. The fourth-order valence-electron chi connectivity index (χ4n) is 1.60. The summed E-state index contributed by atoms with van der Waals surface area (Å²) in [6, 6.07) is 5.13. The number of amides is 2. The molecule has 0 fully saturated rings. The second kappa shape index (κ2) is 10.0. The lowest BCUT2D eigenvalue weighted by atomic mass is 10.2. The Morgan fingerprint density at radius 2 is 1.61 bits per heavy atom. The van der Waals surface area contributed by atoms with Gasteiger partial charge in [-0.2, -0.15) is 0 Å². The minimum absolute atomic E-state index is 0.266. The first kappa shape index (κ1) is 18.3. The molecular weight excluding hydrogens is 296 g/mol. The van der Waals surface area contributed by atoms with Crippen molar-refractivity contribution in [1.29, 1.82) is 0 Å². The van der Waals surface area contributed by atoms with Crippen LogP contribution in [0.4, 0.5) is 21.0 Å². The molecule has 0 bridgehead atoms. The highest BCUT2D eigenvalue weighted by atomic mass is 16.6. The highest BCUT2D eigenvalue weighted by Crippen LogP contribution is 2.20. The summed E-state index contributed by atoms with van der Waals surface area (Å²) in [5.41, 5.74) is 1.91. The molecule has 6 nitrogen and oxygen atoms in total.